The lowest BCUT2D eigenvalue weighted by Crippen LogP contribution is -2.19. The Morgan fingerprint density at radius 3 is 2.37 bits per heavy atom. The predicted molar refractivity (Wildman–Crippen MR) is 82.9 cm³/mol. The number of hydrogen-bond acceptors (Lipinski definition) is 2. The maximum Gasteiger partial charge on any atom is 0.0456 e. The average molecular weight is 254 g/mol. The predicted octanol–water partition coefficient (Wildman–Crippen LogP) is 3.92. The van der Waals surface area contributed by atoms with E-state index in [1.54, 1.807) is 0 Å². The van der Waals surface area contributed by atoms with Gasteiger partial charge in [0.25, 0.3) is 0 Å². The molecule has 2 aromatic rings. The Morgan fingerprint density at radius 1 is 1.00 bits per heavy atom. The fourth-order valence-corrected chi connectivity index (χ4v) is 2.48. The molecule has 0 spiro atoms. The number of benzene rings is 2. The van der Waals surface area contributed by atoms with Crippen molar-refractivity contribution in [3.8, 4) is 0 Å². The monoisotopic (exact) mass is 254 g/mol. The van der Waals surface area contributed by atoms with Crippen molar-refractivity contribution in [2.24, 2.45) is 5.73 Å². The van der Waals surface area contributed by atoms with Crippen LogP contribution in [0.15, 0.2) is 42.5 Å². The van der Waals surface area contributed by atoms with Gasteiger partial charge in [0.05, 0.1) is 0 Å². The molecular formula is C17H22N2. The molecule has 2 N–H and O–H groups in total. The zero-order valence-electron chi connectivity index (χ0n) is 12.0. The SMILES string of the molecule is CCN(c1ccccc1C)c1ccc(C)cc1CN. The van der Waals surface area contributed by atoms with Crippen molar-refractivity contribution in [3.63, 3.8) is 0 Å². The fourth-order valence-electron chi connectivity index (χ4n) is 2.48. The van der Waals surface area contributed by atoms with Crippen molar-refractivity contribution >= 4 is 11.4 Å². The average Bonchev–Trinajstić information content (AvgIpc) is 2.43. The van der Waals surface area contributed by atoms with E-state index in [2.05, 4.69) is 68.1 Å². The van der Waals surface area contributed by atoms with Gasteiger partial charge in [0, 0.05) is 24.5 Å². The minimum absolute atomic E-state index is 0.569. The minimum Gasteiger partial charge on any atom is -0.341 e. The Kier molecular flexibility index (Phi) is 4.23. The van der Waals surface area contributed by atoms with E-state index < -0.39 is 0 Å². The highest BCUT2D eigenvalue weighted by molar-refractivity contribution is 5.69. The Labute approximate surface area is 115 Å². The normalized spacial score (nSPS) is 10.5. The highest BCUT2D eigenvalue weighted by Crippen LogP contribution is 2.31. The third-order valence-electron chi connectivity index (χ3n) is 3.47. The summed E-state index contributed by atoms with van der Waals surface area (Å²) in [4.78, 5) is 2.33. The van der Waals surface area contributed by atoms with Gasteiger partial charge in [-0.25, -0.2) is 0 Å². The van der Waals surface area contributed by atoms with Crippen LogP contribution in [0.2, 0.25) is 0 Å². The number of anilines is 2. The molecule has 0 saturated heterocycles. The maximum atomic E-state index is 5.90. The van der Waals surface area contributed by atoms with Crippen LogP contribution in [0.5, 0.6) is 0 Å². The molecule has 0 heterocycles. The van der Waals surface area contributed by atoms with Crippen LogP contribution in [-0.2, 0) is 6.54 Å². The minimum atomic E-state index is 0.569. The molecule has 2 rings (SSSR count). The van der Waals surface area contributed by atoms with Crippen molar-refractivity contribution < 1.29 is 0 Å². The summed E-state index contributed by atoms with van der Waals surface area (Å²) >= 11 is 0. The molecule has 19 heavy (non-hydrogen) atoms. The summed E-state index contributed by atoms with van der Waals surface area (Å²) in [5.74, 6) is 0. The topological polar surface area (TPSA) is 29.3 Å². The molecule has 2 heteroatoms. The smallest absolute Gasteiger partial charge is 0.0456 e. The van der Waals surface area contributed by atoms with Crippen molar-refractivity contribution in [2.45, 2.75) is 27.3 Å². The summed E-state index contributed by atoms with van der Waals surface area (Å²) in [6.45, 7) is 7.92. The van der Waals surface area contributed by atoms with Crippen molar-refractivity contribution in [1.82, 2.24) is 0 Å². The lowest BCUT2D eigenvalue weighted by molar-refractivity contribution is 0.976. The first-order chi connectivity index (χ1) is 9.17. The molecule has 0 aliphatic heterocycles. The van der Waals surface area contributed by atoms with E-state index >= 15 is 0 Å². The molecule has 0 radical (unpaired) electrons. The first-order valence-corrected chi connectivity index (χ1v) is 6.80. The fraction of sp³-hybridized carbons (Fsp3) is 0.294. The Hall–Kier alpha value is -1.80. The Balaban J connectivity index is 2.51. The number of nitrogens with two attached hydrogens (primary N) is 1. The highest BCUT2D eigenvalue weighted by Gasteiger charge is 2.12. The van der Waals surface area contributed by atoms with Gasteiger partial charge in [-0.1, -0.05) is 35.9 Å². The van der Waals surface area contributed by atoms with Gasteiger partial charge in [-0.15, -0.1) is 0 Å². The van der Waals surface area contributed by atoms with Crippen LogP contribution in [-0.4, -0.2) is 6.54 Å². The largest absolute Gasteiger partial charge is 0.341 e. The molecule has 2 aromatic carbocycles. The molecule has 0 aromatic heterocycles. The van der Waals surface area contributed by atoms with Gasteiger partial charge in [0.1, 0.15) is 0 Å². The second-order valence-electron chi connectivity index (χ2n) is 4.87. The first-order valence-electron chi connectivity index (χ1n) is 6.80. The van der Waals surface area contributed by atoms with Crippen molar-refractivity contribution in [2.75, 3.05) is 11.4 Å². The summed E-state index contributed by atoms with van der Waals surface area (Å²) in [5.41, 5.74) is 12.1. The van der Waals surface area contributed by atoms with E-state index in [-0.39, 0.29) is 0 Å². The van der Waals surface area contributed by atoms with Crippen LogP contribution in [0, 0.1) is 13.8 Å². The maximum absolute atomic E-state index is 5.90. The van der Waals surface area contributed by atoms with Crippen LogP contribution in [0.3, 0.4) is 0 Å². The molecule has 0 aliphatic carbocycles. The van der Waals surface area contributed by atoms with Crippen LogP contribution in [0.25, 0.3) is 0 Å². The summed E-state index contributed by atoms with van der Waals surface area (Å²) in [6.07, 6.45) is 0. The van der Waals surface area contributed by atoms with Gasteiger partial charge in [0.2, 0.25) is 0 Å². The van der Waals surface area contributed by atoms with E-state index in [1.165, 1.54) is 28.1 Å². The molecule has 2 nitrogen and oxygen atoms in total. The Morgan fingerprint density at radius 2 is 1.74 bits per heavy atom. The molecule has 100 valence electrons. The third-order valence-corrected chi connectivity index (χ3v) is 3.47. The molecule has 0 unspecified atom stereocenters. The van der Waals surface area contributed by atoms with E-state index in [1.807, 2.05) is 0 Å². The zero-order valence-corrected chi connectivity index (χ0v) is 12.0. The van der Waals surface area contributed by atoms with Crippen molar-refractivity contribution in [1.29, 1.82) is 0 Å². The highest BCUT2D eigenvalue weighted by atomic mass is 15.1. The van der Waals surface area contributed by atoms with Crippen LogP contribution in [0.1, 0.15) is 23.6 Å². The van der Waals surface area contributed by atoms with Gasteiger partial charge in [-0.05, 0) is 44.0 Å². The number of para-hydroxylation sites is 1. The Bertz CT molecular complexity index is 561. The number of aryl methyl sites for hydroxylation is 2. The second kappa shape index (κ2) is 5.89. The summed E-state index contributed by atoms with van der Waals surface area (Å²) in [5, 5.41) is 0. The van der Waals surface area contributed by atoms with Crippen LogP contribution < -0.4 is 10.6 Å². The van der Waals surface area contributed by atoms with Gasteiger partial charge >= 0.3 is 0 Å². The van der Waals surface area contributed by atoms with Gasteiger partial charge in [0.15, 0.2) is 0 Å². The van der Waals surface area contributed by atoms with Gasteiger partial charge < -0.3 is 10.6 Å². The molecular weight excluding hydrogens is 232 g/mol. The van der Waals surface area contributed by atoms with Gasteiger partial charge in [-0.2, -0.15) is 0 Å². The molecule has 0 fully saturated rings. The standard InChI is InChI=1S/C17H22N2/c1-4-19(16-8-6-5-7-14(16)3)17-10-9-13(2)11-15(17)12-18/h5-11H,4,12,18H2,1-3H3. The first kappa shape index (κ1) is 13.6. The molecule has 0 aliphatic rings. The quantitative estimate of drug-likeness (QED) is 0.896. The second-order valence-corrected chi connectivity index (χ2v) is 4.87. The van der Waals surface area contributed by atoms with Crippen LogP contribution >= 0.6 is 0 Å². The van der Waals surface area contributed by atoms with E-state index in [4.69, 9.17) is 5.73 Å². The third kappa shape index (κ3) is 2.79. The van der Waals surface area contributed by atoms with Crippen molar-refractivity contribution in [3.05, 3.63) is 59.2 Å². The summed E-state index contributed by atoms with van der Waals surface area (Å²) in [7, 11) is 0. The number of rotatable bonds is 4. The number of hydrogen-bond donors (Lipinski definition) is 1. The van der Waals surface area contributed by atoms with Gasteiger partial charge in [-0.3, -0.25) is 0 Å². The van der Waals surface area contributed by atoms with Crippen LogP contribution in [0.4, 0.5) is 11.4 Å². The zero-order chi connectivity index (χ0) is 13.8. The number of nitrogens with zero attached hydrogens (tertiary/aromatic N) is 1. The van der Waals surface area contributed by atoms with E-state index in [0.29, 0.717) is 6.54 Å². The summed E-state index contributed by atoms with van der Waals surface area (Å²) < 4.78 is 0. The lowest BCUT2D eigenvalue weighted by Gasteiger charge is -2.27. The van der Waals surface area contributed by atoms with E-state index in [9.17, 15) is 0 Å². The molecule has 0 bridgehead atoms. The van der Waals surface area contributed by atoms with E-state index in [0.717, 1.165) is 6.54 Å². The summed E-state index contributed by atoms with van der Waals surface area (Å²) in [6, 6.07) is 15.0. The lowest BCUT2D eigenvalue weighted by atomic mass is 10.1. The molecule has 0 atom stereocenters. The molecule has 0 amide bonds. The molecule has 0 saturated carbocycles.